The van der Waals surface area contributed by atoms with Gasteiger partial charge in [0.15, 0.2) is 0 Å². The summed E-state index contributed by atoms with van der Waals surface area (Å²) in [7, 11) is 2.01. The van der Waals surface area contributed by atoms with Gasteiger partial charge in [-0.25, -0.2) is 0 Å². The summed E-state index contributed by atoms with van der Waals surface area (Å²) in [5.41, 5.74) is 2.59. The van der Waals surface area contributed by atoms with Gasteiger partial charge in [-0.2, -0.15) is 5.10 Å². The molecular weight excluding hydrogens is 254 g/mol. The summed E-state index contributed by atoms with van der Waals surface area (Å²) < 4.78 is 1.98. The van der Waals surface area contributed by atoms with Crippen molar-refractivity contribution in [1.29, 1.82) is 0 Å². The molecule has 2 rings (SSSR count). The summed E-state index contributed by atoms with van der Waals surface area (Å²) in [5.74, 6) is 0. The van der Waals surface area contributed by atoms with E-state index in [1.54, 1.807) is 0 Å². The Morgan fingerprint density at radius 1 is 1.42 bits per heavy atom. The standard InChI is InChI=1S/C15H23N3S/c1-5-12-9-13(18(4)17-12)10-16-11-15(2,3)14-7-6-8-19-14/h6-9,16H,5,10-11H2,1-4H3. The van der Waals surface area contributed by atoms with Crippen molar-refractivity contribution in [3.05, 3.63) is 39.8 Å². The fourth-order valence-electron chi connectivity index (χ4n) is 2.16. The van der Waals surface area contributed by atoms with E-state index in [0.717, 1.165) is 25.2 Å². The zero-order valence-corrected chi connectivity index (χ0v) is 13.0. The van der Waals surface area contributed by atoms with Crippen molar-refractivity contribution < 1.29 is 0 Å². The highest BCUT2D eigenvalue weighted by atomic mass is 32.1. The summed E-state index contributed by atoms with van der Waals surface area (Å²) in [6, 6.07) is 6.52. The number of rotatable bonds is 6. The number of hydrogen-bond donors (Lipinski definition) is 1. The van der Waals surface area contributed by atoms with E-state index in [2.05, 4.69) is 54.8 Å². The zero-order chi connectivity index (χ0) is 13.9. The predicted octanol–water partition coefficient (Wildman–Crippen LogP) is 3.11. The van der Waals surface area contributed by atoms with Crippen molar-refractivity contribution in [2.75, 3.05) is 6.54 Å². The first-order chi connectivity index (χ1) is 9.03. The molecule has 0 amide bonds. The van der Waals surface area contributed by atoms with E-state index in [1.807, 2.05) is 23.1 Å². The van der Waals surface area contributed by atoms with Crippen molar-refractivity contribution >= 4 is 11.3 Å². The van der Waals surface area contributed by atoms with Crippen LogP contribution in [0.5, 0.6) is 0 Å². The summed E-state index contributed by atoms with van der Waals surface area (Å²) in [6.07, 6.45) is 0.995. The van der Waals surface area contributed by atoms with E-state index in [0.29, 0.717) is 0 Å². The Labute approximate surface area is 119 Å². The lowest BCUT2D eigenvalue weighted by Crippen LogP contribution is -2.32. The quantitative estimate of drug-likeness (QED) is 0.879. The van der Waals surface area contributed by atoms with Crippen molar-refractivity contribution in [3.63, 3.8) is 0 Å². The van der Waals surface area contributed by atoms with Gasteiger partial charge in [-0.1, -0.05) is 26.8 Å². The molecule has 0 unspecified atom stereocenters. The molecule has 0 aliphatic carbocycles. The number of aryl methyl sites for hydroxylation is 2. The molecule has 0 aromatic carbocycles. The lowest BCUT2D eigenvalue weighted by molar-refractivity contribution is 0.469. The first kappa shape index (κ1) is 14.3. The normalized spacial score (nSPS) is 12.0. The van der Waals surface area contributed by atoms with E-state index < -0.39 is 0 Å². The highest BCUT2D eigenvalue weighted by Gasteiger charge is 2.21. The third kappa shape index (κ3) is 3.45. The Morgan fingerprint density at radius 3 is 2.79 bits per heavy atom. The molecule has 0 saturated heterocycles. The molecule has 1 N–H and O–H groups in total. The summed E-state index contributed by atoms with van der Waals surface area (Å²) in [4.78, 5) is 1.43. The average molecular weight is 277 g/mol. The largest absolute Gasteiger partial charge is 0.310 e. The number of thiophene rings is 1. The van der Waals surface area contributed by atoms with Gasteiger partial charge in [-0.05, 0) is 23.9 Å². The van der Waals surface area contributed by atoms with Crippen LogP contribution in [0.25, 0.3) is 0 Å². The van der Waals surface area contributed by atoms with Gasteiger partial charge < -0.3 is 5.32 Å². The smallest absolute Gasteiger partial charge is 0.0625 e. The van der Waals surface area contributed by atoms with Gasteiger partial charge in [0.1, 0.15) is 0 Å². The van der Waals surface area contributed by atoms with E-state index >= 15 is 0 Å². The third-order valence-electron chi connectivity index (χ3n) is 3.45. The topological polar surface area (TPSA) is 29.9 Å². The van der Waals surface area contributed by atoms with Gasteiger partial charge in [-0.15, -0.1) is 11.3 Å². The maximum Gasteiger partial charge on any atom is 0.0625 e. The molecule has 0 fully saturated rings. The molecule has 0 bridgehead atoms. The SMILES string of the molecule is CCc1cc(CNCC(C)(C)c2cccs2)n(C)n1. The van der Waals surface area contributed by atoms with Crippen LogP contribution in [0, 0.1) is 0 Å². The summed E-state index contributed by atoms with van der Waals surface area (Å²) in [6.45, 7) is 8.55. The molecule has 0 spiro atoms. The van der Waals surface area contributed by atoms with Gasteiger partial charge in [0.05, 0.1) is 11.4 Å². The van der Waals surface area contributed by atoms with Crippen LogP contribution in [-0.2, 0) is 25.4 Å². The van der Waals surface area contributed by atoms with Crippen molar-refractivity contribution in [2.24, 2.45) is 7.05 Å². The number of nitrogens with zero attached hydrogens (tertiary/aromatic N) is 2. The zero-order valence-electron chi connectivity index (χ0n) is 12.2. The molecular formula is C15H23N3S. The van der Waals surface area contributed by atoms with E-state index in [9.17, 15) is 0 Å². The average Bonchev–Trinajstić information content (AvgIpc) is 2.99. The van der Waals surface area contributed by atoms with Crippen molar-refractivity contribution in [2.45, 2.75) is 39.2 Å². The lowest BCUT2D eigenvalue weighted by atomic mass is 9.91. The minimum absolute atomic E-state index is 0.181. The first-order valence-electron chi connectivity index (χ1n) is 6.79. The third-order valence-corrected chi connectivity index (χ3v) is 4.69. The second-order valence-electron chi connectivity index (χ2n) is 5.57. The summed E-state index contributed by atoms with van der Waals surface area (Å²) in [5, 5.41) is 10.2. The molecule has 2 aromatic heterocycles. The Balaban J connectivity index is 1.91. The molecule has 104 valence electrons. The van der Waals surface area contributed by atoms with E-state index in [4.69, 9.17) is 0 Å². The lowest BCUT2D eigenvalue weighted by Gasteiger charge is -2.23. The Morgan fingerprint density at radius 2 is 2.21 bits per heavy atom. The number of nitrogens with one attached hydrogen (secondary N) is 1. The van der Waals surface area contributed by atoms with Gasteiger partial charge in [0.2, 0.25) is 0 Å². The molecule has 0 aliphatic rings. The molecule has 0 atom stereocenters. The van der Waals surface area contributed by atoms with E-state index in [1.165, 1.54) is 10.6 Å². The van der Waals surface area contributed by atoms with Crippen LogP contribution >= 0.6 is 11.3 Å². The number of hydrogen-bond acceptors (Lipinski definition) is 3. The van der Waals surface area contributed by atoms with Gasteiger partial charge in [0, 0.05) is 30.4 Å². The number of aromatic nitrogens is 2. The van der Waals surface area contributed by atoms with Gasteiger partial charge >= 0.3 is 0 Å². The molecule has 19 heavy (non-hydrogen) atoms. The maximum atomic E-state index is 4.47. The van der Waals surface area contributed by atoms with Crippen molar-refractivity contribution in [3.8, 4) is 0 Å². The van der Waals surface area contributed by atoms with Crippen molar-refractivity contribution in [1.82, 2.24) is 15.1 Å². The van der Waals surface area contributed by atoms with Crippen LogP contribution in [0.2, 0.25) is 0 Å². The Kier molecular flexibility index (Phi) is 4.42. The fraction of sp³-hybridized carbons (Fsp3) is 0.533. The molecule has 0 radical (unpaired) electrons. The Bertz CT molecular complexity index is 511. The maximum absolute atomic E-state index is 4.47. The minimum atomic E-state index is 0.181. The second-order valence-corrected chi connectivity index (χ2v) is 6.52. The van der Waals surface area contributed by atoms with Gasteiger partial charge in [-0.3, -0.25) is 4.68 Å². The molecule has 3 nitrogen and oxygen atoms in total. The molecule has 2 heterocycles. The van der Waals surface area contributed by atoms with Crippen LogP contribution in [0.3, 0.4) is 0 Å². The van der Waals surface area contributed by atoms with Crippen LogP contribution in [0.4, 0.5) is 0 Å². The molecule has 0 saturated carbocycles. The van der Waals surface area contributed by atoms with Crippen LogP contribution < -0.4 is 5.32 Å². The van der Waals surface area contributed by atoms with Crippen LogP contribution in [0.15, 0.2) is 23.6 Å². The molecule has 2 aromatic rings. The monoisotopic (exact) mass is 277 g/mol. The predicted molar refractivity (Wildman–Crippen MR) is 81.6 cm³/mol. The van der Waals surface area contributed by atoms with Crippen LogP contribution in [0.1, 0.15) is 37.0 Å². The highest BCUT2D eigenvalue weighted by Crippen LogP contribution is 2.26. The second kappa shape index (κ2) is 5.88. The fourth-order valence-corrected chi connectivity index (χ4v) is 3.02. The summed E-state index contributed by atoms with van der Waals surface area (Å²) >= 11 is 1.83. The van der Waals surface area contributed by atoms with Gasteiger partial charge in [0.25, 0.3) is 0 Å². The minimum Gasteiger partial charge on any atom is -0.310 e. The highest BCUT2D eigenvalue weighted by molar-refractivity contribution is 7.10. The van der Waals surface area contributed by atoms with Crippen LogP contribution in [-0.4, -0.2) is 16.3 Å². The molecule has 4 heteroatoms. The first-order valence-corrected chi connectivity index (χ1v) is 7.67. The van der Waals surface area contributed by atoms with E-state index in [-0.39, 0.29) is 5.41 Å². The Hall–Kier alpha value is -1.13. The molecule has 0 aliphatic heterocycles.